The van der Waals surface area contributed by atoms with Gasteiger partial charge in [-0.15, -0.1) is 0 Å². The predicted octanol–water partition coefficient (Wildman–Crippen LogP) is 5.40. The number of benzene rings is 1. The molecular formula is C18H23BrN2. The van der Waals surface area contributed by atoms with Crippen molar-refractivity contribution in [2.75, 3.05) is 18.0 Å². The van der Waals surface area contributed by atoms with Crippen molar-refractivity contribution in [3.8, 4) is 0 Å². The zero-order valence-corrected chi connectivity index (χ0v) is 14.5. The fourth-order valence-electron chi connectivity index (χ4n) is 3.81. The molecule has 0 aliphatic carbocycles. The van der Waals surface area contributed by atoms with E-state index in [1.54, 1.807) is 0 Å². The minimum atomic E-state index is 0.543. The maximum absolute atomic E-state index is 4.63. The first-order valence-corrected chi connectivity index (χ1v) is 8.76. The van der Waals surface area contributed by atoms with E-state index in [9.17, 15) is 0 Å². The Labute approximate surface area is 135 Å². The summed E-state index contributed by atoms with van der Waals surface area (Å²) in [6.07, 6.45) is 7.17. The highest BCUT2D eigenvalue weighted by molar-refractivity contribution is 9.10. The summed E-state index contributed by atoms with van der Waals surface area (Å²) in [7, 11) is 0. The van der Waals surface area contributed by atoms with Crippen LogP contribution in [-0.4, -0.2) is 18.1 Å². The van der Waals surface area contributed by atoms with E-state index >= 15 is 0 Å². The number of aromatic nitrogens is 1. The lowest BCUT2D eigenvalue weighted by molar-refractivity contribution is 0.173. The number of halogens is 1. The fourth-order valence-corrected chi connectivity index (χ4v) is 4.16. The van der Waals surface area contributed by atoms with Gasteiger partial charge in [0, 0.05) is 34.6 Å². The number of para-hydroxylation sites is 1. The first kappa shape index (κ1) is 14.8. The molecule has 3 heteroatoms. The van der Waals surface area contributed by atoms with Crippen molar-refractivity contribution in [3.05, 3.63) is 34.9 Å². The zero-order chi connectivity index (χ0) is 14.9. The van der Waals surface area contributed by atoms with Crippen molar-refractivity contribution >= 4 is 32.5 Å². The topological polar surface area (TPSA) is 16.1 Å². The highest BCUT2D eigenvalue weighted by atomic mass is 79.9. The number of fused-ring (bicyclic) bond motifs is 1. The summed E-state index contributed by atoms with van der Waals surface area (Å²) in [6.45, 7) is 6.98. The molecule has 2 aromatic rings. The Balaban J connectivity index is 1.86. The Kier molecular flexibility index (Phi) is 4.21. The molecule has 0 saturated carbocycles. The van der Waals surface area contributed by atoms with Gasteiger partial charge in [-0.25, -0.2) is 0 Å². The fraction of sp³-hybridized carbons (Fsp3) is 0.500. The molecule has 0 unspecified atom stereocenters. The van der Waals surface area contributed by atoms with Crippen LogP contribution in [0.25, 0.3) is 10.9 Å². The van der Waals surface area contributed by atoms with Crippen molar-refractivity contribution < 1.29 is 0 Å². The van der Waals surface area contributed by atoms with E-state index < -0.39 is 0 Å². The number of hydrogen-bond donors (Lipinski definition) is 0. The maximum Gasteiger partial charge on any atom is 0.0936 e. The molecule has 0 spiro atoms. The molecule has 1 fully saturated rings. The molecule has 2 heterocycles. The number of anilines is 1. The normalized spacial score (nSPS) is 17.0. The number of rotatable bonds is 5. The summed E-state index contributed by atoms with van der Waals surface area (Å²) in [6, 6.07) is 8.65. The van der Waals surface area contributed by atoms with E-state index in [0.29, 0.717) is 5.41 Å². The van der Waals surface area contributed by atoms with Gasteiger partial charge in [0.2, 0.25) is 0 Å². The largest absolute Gasteiger partial charge is 0.369 e. The van der Waals surface area contributed by atoms with Gasteiger partial charge in [0.1, 0.15) is 0 Å². The van der Waals surface area contributed by atoms with Crippen molar-refractivity contribution in [2.45, 2.75) is 39.5 Å². The average molecular weight is 347 g/mol. The molecule has 3 rings (SSSR count). The van der Waals surface area contributed by atoms with Gasteiger partial charge in [-0.05, 0) is 40.9 Å². The standard InChI is InChI=1S/C18H23BrN2/c1-3-8-18(9-4-2)12-21(13-18)16-7-5-6-14-10-15(19)11-20-17(14)16/h5-7,10-11H,3-4,8-9,12-13H2,1-2H3. The molecule has 1 aliphatic rings. The Morgan fingerprint density at radius 1 is 1.19 bits per heavy atom. The van der Waals surface area contributed by atoms with E-state index in [-0.39, 0.29) is 0 Å². The minimum absolute atomic E-state index is 0.543. The van der Waals surface area contributed by atoms with Gasteiger partial charge >= 0.3 is 0 Å². The van der Waals surface area contributed by atoms with E-state index in [1.807, 2.05) is 6.20 Å². The monoisotopic (exact) mass is 346 g/mol. The molecule has 0 bridgehead atoms. The van der Waals surface area contributed by atoms with Crippen LogP contribution in [0.4, 0.5) is 5.69 Å². The third-order valence-electron chi connectivity index (χ3n) is 4.61. The molecular weight excluding hydrogens is 324 g/mol. The van der Waals surface area contributed by atoms with Gasteiger partial charge < -0.3 is 4.90 Å². The Morgan fingerprint density at radius 3 is 2.57 bits per heavy atom. The third kappa shape index (κ3) is 2.80. The Hall–Kier alpha value is -1.09. The summed E-state index contributed by atoms with van der Waals surface area (Å²) in [5, 5.41) is 1.21. The number of nitrogens with zero attached hydrogens (tertiary/aromatic N) is 2. The highest BCUT2D eigenvalue weighted by Gasteiger charge is 2.41. The Bertz CT molecular complexity index is 624. The van der Waals surface area contributed by atoms with Crippen LogP contribution in [0.15, 0.2) is 34.9 Å². The van der Waals surface area contributed by atoms with Crippen LogP contribution in [0.1, 0.15) is 39.5 Å². The lowest BCUT2D eigenvalue weighted by Crippen LogP contribution is -2.56. The van der Waals surface area contributed by atoms with Crippen molar-refractivity contribution in [1.29, 1.82) is 0 Å². The molecule has 2 nitrogen and oxygen atoms in total. The second kappa shape index (κ2) is 5.96. The number of pyridine rings is 1. The first-order chi connectivity index (χ1) is 10.2. The van der Waals surface area contributed by atoms with Crippen molar-refractivity contribution in [3.63, 3.8) is 0 Å². The lowest BCUT2D eigenvalue weighted by atomic mass is 9.72. The van der Waals surface area contributed by atoms with E-state index in [4.69, 9.17) is 0 Å². The molecule has 1 aliphatic heterocycles. The van der Waals surface area contributed by atoms with Gasteiger partial charge in [-0.1, -0.05) is 38.8 Å². The number of hydrogen-bond acceptors (Lipinski definition) is 2. The van der Waals surface area contributed by atoms with Crippen LogP contribution in [-0.2, 0) is 0 Å². The van der Waals surface area contributed by atoms with Crippen LogP contribution < -0.4 is 4.90 Å². The summed E-state index contributed by atoms with van der Waals surface area (Å²) < 4.78 is 1.04. The van der Waals surface area contributed by atoms with Crippen LogP contribution in [0.3, 0.4) is 0 Å². The Morgan fingerprint density at radius 2 is 1.90 bits per heavy atom. The first-order valence-electron chi connectivity index (χ1n) is 7.97. The smallest absolute Gasteiger partial charge is 0.0936 e. The zero-order valence-electron chi connectivity index (χ0n) is 12.9. The molecule has 0 atom stereocenters. The molecule has 0 radical (unpaired) electrons. The third-order valence-corrected chi connectivity index (χ3v) is 5.04. The molecule has 21 heavy (non-hydrogen) atoms. The van der Waals surface area contributed by atoms with Crippen LogP contribution >= 0.6 is 15.9 Å². The molecule has 112 valence electrons. The molecule has 0 N–H and O–H groups in total. The van der Waals surface area contributed by atoms with Gasteiger partial charge in [-0.3, -0.25) is 4.98 Å². The van der Waals surface area contributed by atoms with Crippen LogP contribution in [0, 0.1) is 5.41 Å². The van der Waals surface area contributed by atoms with E-state index in [0.717, 1.165) is 9.99 Å². The van der Waals surface area contributed by atoms with Crippen molar-refractivity contribution in [2.24, 2.45) is 5.41 Å². The second-order valence-electron chi connectivity index (χ2n) is 6.36. The molecule has 0 amide bonds. The van der Waals surface area contributed by atoms with E-state index in [1.165, 1.54) is 49.8 Å². The van der Waals surface area contributed by atoms with Gasteiger partial charge in [0.15, 0.2) is 0 Å². The second-order valence-corrected chi connectivity index (χ2v) is 7.27. The van der Waals surface area contributed by atoms with Crippen LogP contribution in [0.5, 0.6) is 0 Å². The summed E-state index contributed by atoms with van der Waals surface area (Å²) in [4.78, 5) is 7.14. The van der Waals surface area contributed by atoms with E-state index in [2.05, 4.69) is 63.9 Å². The highest BCUT2D eigenvalue weighted by Crippen LogP contribution is 2.43. The molecule has 1 saturated heterocycles. The van der Waals surface area contributed by atoms with Gasteiger partial charge in [0.25, 0.3) is 0 Å². The maximum atomic E-state index is 4.63. The average Bonchev–Trinajstić information content (AvgIpc) is 2.43. The van der Waals surface area contributed by atoms with Gasteiger partial charge in [0.05, 0.1) is 11.2 Å². The summed E-state index contributed by atoms with van der Waals surface area (Å²) in [5.74, 6) is 0. The summed E-state index contributed by atoms with van der Waals surface area (Å²) >= 11 is 3.51. The summed E-state index contributed by atoms with van der Waals surface area (Å²) in [5.41, 5.74) is 2.96. The molecule has 1 aromatic carbocycles. The lowest BCUT2D eigenvalue weighted by Gasteiger charge is -2.52. The van der Waals surface area contributed by atoms with Crippen molar-refractivity contribution in [1.82, 2.24) is 4.98 Å². The van der Waals surface area contributed by atoms with Crippen LogP contribution in [0.2, 0.25) is 0 Å². The minimum Gasteiger partial charge on any atom is -0.369 e. The molecule has 1 aromatic heterocycles. The van der Waals surface area contributed by atoms with Gasteiger partial charge in [-0.2, -0.15) is 0 Å². The SMILES string of the molecule is CCCC1(CCC)CN(c2cccc3cc(Br)cnc23)C1. The quantitative estimate of drug-likeness (QED) is 0.719. The predicted molar refractivity (Wildman–Crippen MR) is 93.9 cm³/mol.